The van der Waals surface area contributed by atoms with Crippen LogP contribution in [0.3, 0.4) is 0 Å². The lowest BCUT2D eigenvalue weighted by atomic mass is 9.95. The zero-order valence-electron chi connectivity index (χ0n) is 21.8. The summed E-state index contributed by atoms with van der Waals surface area (Å²) in [5.74, 6) is -0.168. The third-order valence-electron chi connectivity index (χ3n) is 6.49. The topological polar surface area (TPSA) is 98.2 Å². The first-order valence-corrected chi connectivity index (χ1v) is 12.6. The number of methoxy groups -OCH3 is 2. The van der Waals surface area contributed by atoms with E-state index in [1.54, 1.807) is 36.7 Å². The standard InChI is InChI=1S/C30H32N2O6/c1-4-5-6-16-38-23-12-9-21(10-13-23)27-26(28(33)22-11-14-24(36-2)25(17-22)37-3)29(34)30(35)32(27)19-20-8-7-15-31-18-20/h7-15,17-18,27,33H,4-6,16,19H2,1-3H3/t27-/m1/s1. The van der Waals surface area contributed by atoms with E-state index in [-0.39, 0.29) is 17.9 Å². The summed E-state index contributed by atoms with van der Waals surface area (Å²) in [6, 6.07) is 14.9. The highest BCUT2D eigenvalue weighted by atomic mass is 16.5. The molecule has 1 N–H and O–H groups in total. The number of ketones is 1. The summed E-state index contributed by atoms with van der Waals surface area (Å²) in [6.07, 6.45) is 6.47. The Morgan fingerprint density at radius 1 is 1.00 bits per heavy atom. The zero-order chi connectivity index (χ0) is 27.1. The van der Waals surface area contributed by atoms with Crippen molar-refractivity contribution in [1.82, 2.24) is 9.88 Å². The Morgan fingerprint density at radius 2 is 1.76 bits per heavy atom. The second-order valence-corrected chi connectivity index (χ2v) is 8.98. The lowest BCUT2D eigenvalue weighted by Gasteiger charge is -2.25. The van der Waals surface area contributed by atoms with Crippen LogP contribution in [0, 0.1) is 0 Å². The molecule has 0 bridgehead atoms. The highest BCUT2D eigenvalue weighted by Crippen LogP contribution is 2.41. The second kappa shape index (κ2) is 12.3. The zero-order valence-corrected chi connectivity index (χ0v) is 21.8. The van der Waals surface area contributed by atoms with Gasteiger partial charge in [0, 0.05) is 24.5 Å². The van der Waals surface area contributed by atoms with Crippen molar-refractivity contribution in [3.05, 3.63) is 89.3 Å². The summed E-state index contributed by atoms with van der Waals surface area (Å²) in [4.78, 5) is 32.2. The number of likely N-dealkylation sites (tertiary alicyclic amines) is 1. The monoisotopic (exact) mass is 516 g/mol. The lowest BCUT2D eigenvalue weighted by molar-refractivity contribution is -0.140. The number of unbranched alkanes of at least 4 members (excludes halogenated alkanes) is 2. The number of amides is 1. The Morgan fingerprint density at radius 3 is 2.42 bits per heavy atom. The van der Waals surface area contributed by atoms with Crippen molar-refractivity contribution in [3.8, 4) is 17.2 Å². The molecule has 0 unspecified atom stereocenters. The molecule has 0 saturated carbocycles. The summed E-state index contributed by atoms with van der Waals surface area (Å²) < 4.78 is 16.5. The average molecular weight is 517 g/mol. The molecule has 1 aliphatic heterocycles. The Balaban J connectivity index is 1.76. The molecule has 0 aliphatic carbocycles. The summed E-state index contributed by atoms with van der Waals surface area (Å²) >= 11 is 0. The van der Waals surface area contributed by atoms with Crippen LogP contribution in [-0.2, 0) is 16.1 Å². The maximum atomic E-state index is 13.3. The first kappa shape index (κ1) is 26.7. The molecule has 4 rings (SSSR count). The number of ether oxygens (including phenoxy) is 3. The van der Waals surface area contributed by atoms with Gasteiger partial charge in [0.2, 0.25) is 0 Å². The van der Waals surface area contributed by atoms with E-state index in [1.807, 2.05) is 30.3 Å². The fraction of sp³-hybridized carbons (Fsp3) is 0.300. The van der Waals surface area contributed by atoms with Crippen molar-refractivity contribution < 1.29 is 28.9 Å². The number of aliphatic hydroxyl groups is 1. The van der Waals surface area contributed by atoms with E-state index in [4.69, 9.17) is 14.2 Å². The van der Waals surface area contributed by atoms with Crippen molar-refractivity contribution >= 4 is 17.4 Å². The summed E-state index contributed by atoms with van der Waals surface area (Å²) in [7, 11) is 3.00. The molecule has 198 valence electrons. The van der Waals surface area contributed by atoms with Gasteiger partial charge >= 0.3 is 0 Å². The minimum atomic E-state index is -0.808. The molecule has 38 heavy (non-hydrogen) atoms. The molecule has 1 amide bonds. The van der Waals surface area contributed by atoms with Crippen LogP contribution < -0.4 is 14.2 Å². The first-order chi connectivity index (χ1) is 18.5. The predicted octanol–water partition coefficient (Wildman–Crippen LogP) is 5.29. The van der Waals surface area contributed by atoms with Gasteiger partial charge in [-0.25, -0.2) is 0 Å². The van der Waals surface area contributed by atoms with Crippen LogP contribution in [0.5, 0.6) is 17.2 Å². The Bertz CT molecular complexity index is 1300. The van der Waals surface area contributed by atoms with Crippen molar-refractivity contribution in [1.29, 1.82) is 0 Å². The van der Waals surface area contributed by atoms with Gasteiger partial charge in [-0.3, -0.25) is 14.6 Å². The molecule has 1 aliphatic rings. The van der Waals surface area contributed by atoms with Crippen LogP contribution in [0.4, 0.5) is 0 Å². The Labute approximate surface area is 222 Å². The quantitative estimate of drug-likeness (QED) is 0.160. The summed E-state index contributed by atoms with van der Waals surface area (Å²) in [5, 5.41) is 11.4. The molecule has 0 radical (unpaired) electrons. The number of carbonyl (C=O) groups excluding carboxylic acids is 2. The maximum absolute atomic E-state index is 13.3. The van der Waals surface area contributed by atoms with E-state index < -0.39 is 17.7 Å². The van der Waals surface area contributed by atoms with E-state index in [0.29, 0.717) is 35.0 Å². The highest BCUT2D eigenvalue weighted by Gasteiger charge is 2.46. The van der Waals surface area contributed by atoms with Crippen molar-refractivity contribution in [2.75, 3.05) is 20.8 Å². The van der Waals surface area contributed by atoms with Gasteiger partial charge in [-0.05, 0) is 53.9 Å². The highest BCUT2D eigenvalue weighted by molar-refractivity contribution is 6.46. The summed E-state index contributed by atoms with van der Waals surface area (Å²) in [5.41, 5.74) is 1.78. The number of hydrogen-bond acceptors (Lipinski definition) is 7. The minimum Gasteiger partial charge on any atom is -0.507 e. The van der Waals surface area contributed by atoms with Gasteiger partial charge < -0.3 is 24.2 Å². The van der Waals surface area contributed by atoms with E-state index in [9.17, 15) is 14.7 Å². The molecule has 2 heterocycles. The smallest absolute Gasteiger partial charge is 0.295 e. The van der Waals surface area contributed by atoms with Gasteiger partial charge in [0.15, 0.2) is 11.5 Å². The molecule has 1 aromatic heterocycles. The number of carbonyl (C=O) groups is 2. The Hall–Kier alpha value is -4.33. The van der Waals surface area contributed by atoms with E-state index in [2.05, 4.69) is 11.9 Å². The van der Waals surface area contributed by atoms with E-state index in [0.717, 1.165) is 24.8 Å². The minimum absolute atomic E-state index is 0.00252. The van der Waals surface area contributed by atoms with Crippen LogP contribution in [0.1, 0.15) is 48.9 Å². The molecule has 1 atom stereocenters. The molecule has 1 saturated heterocycles. The molecule has 2 aromatic carbocycles. The van der Waals surface area contributed by atoms with Crippen LogP contribution in [0.25, 0.3) is 5.76 Å². The van der Waals surface area contributed by atoms with Crippen molar-refractivity contribution in [2.45, 2.75) is 38.8 Å². The lowest BCUT2D eigenvalue weighted by Crippen LogP contribution is -2.29. The van der Waals surface area contributed by atoms with Crippen LogP contribution in [-0.4, -0.2) is 47.5 Å². The fourth-order valence-corrected chi connectivity index (χ4v) is 4.51. The van der Waals surface area contributed by atoms with Gasteiger partial charge in [-0.1, -0.05) is 38.0 Å². The number of rotatable bonds is 11. The molecule has 8 heteroatoms. The molecular weight excluding hydrogens is 484 g/mol. The van der Waals surface area contributed by atoms with Crippen LogP contribution in [0.15, 0.2) is 72.6 Å². The van der Waals surface area contributed by atoms with E-state index in [1.165, 1.54) is 19.1 Å². The second-order valence-electron chi connectivity index (χ2n) is 8.98. The van der Waals surface area contributed by atoms with Crippen LogP contribution >= 0.6 is 0 Å². The predicted molar refractivity (Wildman–Crippen MR) is 143 cm³/mol. The Kier molecular flexibility index (Phi) is 8.63. The summed E-state index contributed by atoms with van der Waals surface area (Å²) in [6.45, 7) is 2.91. The van der Waals surface area contributed by atoms with Gasteiger partial charge in [0.1, 0.15) is 11.5 Å². The largest absolute Gasteiger partial charge is 0.507 e. The number of aromatic nitrogens is 1. The molecule has 1 fully saturated rings. The number of Topliss-reactive ketones (excluding diaryl/α,β-unsaturated/α-hetero) is 1. The number of aliphatic hydroxyl groups excluding tert-OH is 1. The normalized spacial score (nSPS) is 16.5. The van der Waals surface area contributed by atoms with Crippen LogP contribution in [0.2, 0.25) is 0 Å². The van der Waals surface area contributed by atoms with Crippen molar-refractivity contribution in [3.63, 3.8) is 0 Å². The molecule has 3 aromatic rings. The first-order valence-electron chi connectivity index (χ1n) is 12.6. The molecule has 8 nitrogen and oxygen atoms in total. The fourth-order valence-electron chi connectivity index (χ4n) is 4.51. The number of pyridine rings is 1. The molecule has 0 spiro atoms. The average Bonchev–Trinajstić information content (AvgIpc) is 3.20. The van der Waals surface area contributed by atoms with Crippen molar-refractivity contribution in [2.24, 2.45) is 0 Å². The van der Waals surface area contributed by atoms with Gasteiger partial charge in [-0.15, -0.1) is 0 Å². The van der Waals surface area contributed by atoms with Gasteiger partial charge in [0.05, 0.1) is 32.4 Å². The third-order valence-corrected chi connectivity index (χ3v) is 6.49. The number of hydrogen-bond donors (Lipinski definition) is 1. The number of benzene rings is 2. The molecular formula is C30H32N2O6. The van der Waals surface area contributed by atoms with Gasteiger partial charge in [-0.2, -0.15) is 0 Å². The third kappa shape index (κ3) is 5.64. The SMILES string of the molecule is CCCCCOc1ccc([C@@H]2C(=C(O)c3ccc(OC)c(OC)c3)C(=O)C(=O)N2Cc2cccnc2)cc1. The maximum Gasteiger partial charge on any atom is 0.295 e. The number of nitrogens with zero attached hydrogens (tertiary/aromatic N) is 2. The van der Waals surface area contributed by atoms with E-state index >= 15 is 0 Å². The van der Waals surface area contributed by atoms with Gasteiger partial charge in [0.25, 0.3) is 11.7 Å².